The van der Waals surface area contributed by atoms with Gasteiger partial charge in [-0.05, 0) is 37.5 Å². The van der Waals surface area contributed by atoms with E-state index in [1.165, 1.54) is 0 Å². The molecule has 25 heavy (non-hydrogen) atoms. The maximum absolute atomic E-state index is 12.2. The van der Waals surface area contributed by atoms with E-state index in [1.807, 2.05) is 38.1 Å². The van der Waals surface area contributed by atoms with Gasteiger partial charge in [-0.3, -0.25) is 4.79 Å². The lowest BCUT2D eigenvalue weighted by Crippen LogP contribution is -2.13. The van der Waals surface area contributed by atoms with Gasteiger partial charge >= 0.3 is 0 Å². The third kappa shape index (κ3) is 3.87. The van der Waals surface area contributed by atoms with Crippen LogP contribution in [0.4, 0.5) is 5.69 Å². The molecule has 1 heterocycles. The van der Waals surface area contributed by atoms with E-state index in [1.54, 1.807) is 0 Å². The van der Waals surface area contributed by atoms with Crippen LogP contribution in [-0.2, 0) is 13.0 Å². The second-order valence-corrected chi connectivity index (χ2v) is 6.57. The van der Waals surface area contributed by atoms with Gasteiger partial charge in [-0.15, -0.1) is 0 Å². The molecular formula is C20H29N3O2. The van der Waals surface area contributed by atoms with E-state index in [0.29, 0.717) is 18.5 Å². The lowest BCUT2D eigenvalue weighted by molar-refractivity contribution is 0.1000. The van der Waals surface area contributed by atoms with Gasteiger partial charge in [0.1, 0.15) is 0 Å². The number of hydrogen-bond acceptors (Lipinski definition) is 3. The van der Waals surface area contributed by atoms with E-state index in [-0.39, 0.29) is 6.61 Å². The molecule has 0 radical (unpaired) electrons. The van der Waals surface area contributed by atoms with Crippen LogP contribution in [0.5, 0.6) is 0 Å². The standard InChI is InChI=1S/C20H29N3O2/c1-5-7-17-19(15-8-10-16(11-9-15)22(3)4)18(20(21)25)14(2)23(17)12-6-13-24/h8-11,24H,5-7,12-13H2,1-4H3,(H2,21,25). The molecule has 1 aromatic carbocycles. The summed E-state index contributed by atoms with van der Waals surface area (Å²) in [4.78, 5) is 14.2. The first-order valence-corrected chi connectivity index (χ1v) is 8.82. The smallest absolute Gasteiger partial charge is 0.251 e. The second kappa shape index (κ2) is 8.21. The molecule has 0 saturated carbocycles. The number of primary amides is 1. The van der Waals surface area contributed by atoms with E-state index in [2.05, 4.69) is 23.6 Å². The van der Waals surface area contributed by atoms with Crippen LogP contribution in [0.1, 0.15) is 41.5 Å². The zero-order chi connectivity index (χ0) is 18.6. The number of rotatable bonds is 8. The van der Waals surface area contributed by atoms with Crippen molar-refractivity contribution in [3.8, 4) is 11.1 Å². The summed E-state index contributed by atoms with van der Waals surface area (Å²) in [5.41, 5.74) is 11.4. The Balaban J connectivity index is 2.66. The summed E-state index contributed by atoms with van der Waals surface area (Å²) in [6, 6.07) is 8.20. The predicted molar refractivity (Wildman–Crippen MR) is 103 cm³/mol. The van der Waals surface area contributed by atoms with Crippen LogP contribution in [0.3, 0.4) is 0 Å². The summed E-state index contributed by atoms with van der Waals surface area (Å²) >= 11 is 0. The average Bonchev–Trinajstić information content (AvgIpc) is 2.85. The largest absolute Gasteiger partial charge is 0.396 e. The molecule has 0 aliphatic heterocycles. The van der Waals surface area contributed by atoms with Crippen molar-refractivity contribution in [3.63, 3.8) is 0 Å². The van der Waals surface area contributed by atoms with Crippen LogP contribution in [0.15, 0.2) is 24.3 Å². The minimum absolute atomic E-state index is 0.127. The third-order valence-corrected chi connectivity index (χ3v) is 4.58. The minimum atomic E-state index is -0.399. The van der Waals surface area contributed by atoms with Crippen molar-refractivity contribution in [1.29, 1.82) is 0 Å². The van der Waals surface area contributed by atoms with Gasteiger partial charge in [-0.2, -0.15) is 0 Å². The Morgan fingerprint density at radius 1 is 1.24 bits per heavy atom. The van der Waals surface area contributed by atoms with Crippen molar-refractivity contribution in [1.82, 2.24) is 4.57 Å². The number of carbonyl (C=O) groups is 1. The van der Waals surface area contributed by atoms with Gasteiger partial charge in [-0.25, -0.2) is 0 Å². The first-order valence-electron chi connectivity index (χ1n) is 8.82. The summed E-state index contributed by atoms with van der Waals surface area (Å²) in [5.74, 6) is -0.399. The van der Waals surface area contributed by atoms with Crippen molar-refractivity contribution in [2.24, 2.45) is 5.73 Å². The third-order valence-electron chi connectivity index (χ3n) is 4.58. The molecule has 0 atom stereocenters. The van der Waals surface area contributed by atoms with E-state index in [4.69, 9.17) is 5.73 Å². The molecule has 0 aliphatic rings. The molecule has 3 N–H and O–H groups in total. The highest BCUT2D eigenvalue weighted by Crippen LogP contribution is 2.34. The van der Waals surface area contributed by atoms with Crippen LogP contribution in [0.2, 0.25) is 0 Å². The molecule has 0 bridgehead atoms. The Morgan fingerprint density at radius 2 is 1.88 bits per heavy atom. The number of aliphatic hydroxyl groups is 1. The SMILES string of the molecule is CCCc1c(-c2ccc(N(C)C)cc2)c(C(N)=O)c(C)n1CCCO. The first kappa shape index (κ1) is 19.1. The zero-order valence-corrected chi connectivity index (χ0v) is 15.7. The quantitative estimate of drug-likeness (QED) is 0.774. The summed E-state index contributed by atoms with van der Waals surface area (Å²) in [7, 11) is 4.00. The fourth-order valence-corrected chi connectivity index (χ4v) is 3.36. The fourth-order valence-electron chi connectivity index (χ4n) is 3.36. The molecule has 2 aromatic rings. The summed E-state index contributed by atoms with van der Waals surface area (Å²) in [6.45, 7) is 4.88. The molecule has 0 fully saturated rings. The highest BCUT2D eigenvalue weighted by atomic mass is 16.3. The number of anilines is 1. The van der Waals surface area contributed by atoms with Crippen LogP contribution >= 0.6 is 0 Å². The molecule has 136 valence electrons. The molecule has 0 aliphatic carbocycles. The van der Waals surface area contributed by atoms with Gasteiger partial charge in [0.25, 0.3) is 5.91 Å². The van der Waals surface area contributed by atoms with E-state index in [9.17, 15) is 9.90 Å². The maximum Gasteiger partial charge on any atom is 0.251 e. The van der Waals surface area contributed by atoms with Crippen molar-refractivity contribution < 1.29 is 9.90 Å². The number of benzene rings is 1. The molecule has 1 amide bonds. The lowest BCUT2D eigenvalue weighted by Gasteiger charge is -2.14. The molecule has 5 heteroatoms. The Kier molecular flexibility index (Phi) is 6.26. The molecule has 0 spiro atoms. The monoisotopic (exact) mass is 343 g/mol. The molecule has 2 rings (SSSR count). The van der Waals surface area contributed by atoms with E-state index >= 15 is 0 Å². The van der Waals surface area contributed by atoms with E-state index < -0.39 is 5.91 Å². The Morgan fingerprint density at radius 3 is 2.36 bits per heavy atom. The zero-order valence-electron chi connectivity index (χ0n) is 15.7. The number of carbonyl (C=O) groups excluding carboxylic acids is 1. The summed E-state index contributed by atoms with van der Waals surface area (Å²) < 4.78 is 2.15. The topological polar surface area (TPSA) is 71.5 Å². The van der Waals surface area contributed by atoms with Gasteiger partial charge in [0.05, 0.1) is 5.56 Å². The van der Waals surface area contributed by atoms with Crippen LogP contribution in [-0.4, -0.2) is 36.3 Å². The summed E-state index contributed by atoms with van der Waals surface area (Å²) in [6.07, 6.45) is 2.50. The number of aromatic nitrogens is 1. The molecule has 0 saturated heterocycles. The number of hydrogen-bond donors (Lipinski definition) is 2. The highest BCUT2D eigenvalue weighted by Gasteiger charge is 2.24. The molecule has 0 unspecified atom stereocenters. The Hall–Kier alpha value is -2.27. The van der Waals surface area contributed by atoms with Gasteiger partial charge in [0.2, 0.25) is 0 Å². The second-order valence-electron chi connectivity index (χ2n) is 6.57. The molecular weight excluding hydrogens is 314 g/mol. The highest BCUT2D eigenvalue weighted by molar-refractivity contribution is 6.02. The number of nitrogens with two attached hydrogens (primary N) is 1. The van der Waals surface area contributed by atoms with Gasteiger partial charge in [0, 0.05) is 49.9 Å². The number of aliphatic hydroxyl groups excluding tert-OH is 1. The molecule has 1 aromatic heterocycles. The van der Waals surface area contributed by atoms with Crippen molar-refractivity contribution in [2.75, 3.05) is 25.6 Å². The Labute approximate surface area is 150 Å². The van der Waals surface area contributed by atoms with Crippen molar-refractivity contribution >= 4 is 11.6 Å². The predicted octanol–water partition coefficient (Wildman–Crippen LogP) is 2.96. The number of amides is 1. The average molecular weight is 343 g/mol. The lowest BCUT2D eigenvalue weighted by atomic mass is 9.97. The first-order chi connectivity index (χ1) is 11.9. The van der Waals surface area contributed by atoms with Crippen LogP contribution < -0.4 is 10.6 Å². The van der Waals surface area contributed by atoms with Gasteiger partial charge < -0.3 is 20.3 Å². The normalized spacial score (nSPS) is 10.9. The van der Waals surface area contributed by atoms with Crippen LogP contribution in [0.25, 0.3) is 11.1 Å². The van der Waals surface area contributed by atoms with Crippen molar-refractivity contribution in [2.45, 2.75) is 39.7 Å². The van der Waals surface area contributed by atoms with Crippen LogP contribution in [0, 0.1) is 6.92 Å². The fraction of sp³-hybridized carbons (Fsp3) is 0.450. The van der Waals surface area contributed by atoms with Gasteiger partial charge in [-0.1, -0.05) is 25.5 Å². The Bertz CT molecular complexity index is 730. The van der Waals surface area contributed by atoms with E-state index in [0.717, 1.165) is 41.0 Å². The summed E-state index contributed by atoms with van der Waals surface area (Å²) in [5, 5.41) is 9.21. The maximum atomic E-state index is 12.2. The number of nitrogens with zero attached hydrogens (tertiary/aromatic N) is 2. The van der Waals surface area contributed by atoms with Gasteiger partial charge in [0.15, 0.2) is 0 Å². The minimum Gasteiger partial charge on any atom is -0.396 e. The van der Waals surface area contributed by atoms with Crippen molar-refractivity contribution in [3.05, 3.63) is 41.2 Å². The molecule has 5 nitrogen and oxygen atoms in total.